The number of hydrogen-bond acceptors (Lipinski definition) is 6. The van der Waals surface area contributed by atoms with Crippen LogP contribution >= 0.6 is 0 Å². The summed E-state index contributed by atoms with van der Waals surface area (Å²) in [5, 5.41) is 3.34. The molecule has 0 spiro atoms. The lowest BCUT2D eigenvalue weighted by Gasteiger charge is -2.23. The lowest BCUT2D eigenvalue weighted by Crippen LogP contribution is -2.32. The summed E-state index contributed by atoms with van der Waals surface area (Å²) in [4.78, 5) is 11.2. The van der Waals surface area contributed by atoms with Gasteiger partial charge in [-0.15, -0.1) is 0 Å². The second-order valence-corrected chi connectivity index (χ2v) is 5.11. The van der Waals surface area contributed by atoms with Crippen molar-refractivity contribution in [2.24, 2.45) is 5.84 Å². The van der Waals surface area contributed by atoms with Gasteiger partial charge in [0.25, 0.3) is 0 Å². The summed E-state index contributed by atoms with van der Waals surface area (Å²) in [6, 6.07) is 2.43. The van der Waals surface area contributed by atoms with E-state index in [1.54, 1.807) is 0 Å². The lowest BCUT2D eigenvalue weighted by molar-refractivity contribution is 0.261. The van der Waals surface area contributed by atoms with E-state index < -0.39 is 0 Å². The molecule has 0 aliphatic rings. The molecule has 0 bridgehead atoms. The second-order valence-electron chi connectivity index (χ2n) is 5.11. The number of nitrogens with zero attached hydrogens (tertiary/aromatic N) is 3. The standard InChI is InChI=1S/C14H28N6/c1-5-7-12-17-13(10-14(18-12)19-15)16-8-9-20(4)11(3)6-2/h10-11H,5-9,15H2,1-4H3,(H2,16,17,18,19). The summed E-state index contributed by atoms with van der Waals surface area (Å²) in [6.07, 6.45) is 3.03. The third-order valence-electron chi connectivity index (χ3n) is 3.51. The molecule has 0 saturated heterocycles. The largest absolute Gasteiger partial charge is 0.369 e. The minimum atomic E-state index is 0.596. The molecule has 0 aliphatic heterocycles. The number of nitrogens with two attached hydrogens (primary N) is 1. The summed E-state index contributed by atoms with van der Waals surface area (Å²) in [5.41, 5.74) is 2.59. The van der Waals surface area contributed by atoms with Gasteiger partial charge in [-0.3, -0.25) is 0 Å². The van der Waals surface area contributed by atoms with Crippen LogP contribution in [0.2, 0.25) is 0 Å². The van der Waals surface area contributed by atoms with Crippen LogP contribution in [-0.4, -0.2) is 41.0 Å². The van der Waals surface area contributed by atoms with Gasteiger partial charge in [0, 0.05) is 31.6 Å². The molecule has 1 heterocycles. The van der Waals surface area contributed by atoms with Crippen molar-refractivity contribution in [3.63, 3.8) is 0 Å². The van der Waals surface area contributed by atoms with Crippen molar-refractivity contribution in [1.82, 2.24) is 14.9 Å². The van der Waals surface area contributed by atoms with Crippen molar-refractivity contribution in [1.29, 1.82) is 0 Å². The zero-order valence-electron chi connectivity index (χ0n) is 13.1. The molecule has 20 heavy (non-hydrogen) atoms. The van der Waals surface area contributed by atoms with Gasteiger partial charge in [-0.05, 0) is 26.8 Å². The molecule has 1 rings (SSSR count). The van der Waals surface area contributed by atoms with Gasteiger partial charge in [0.2, 0.25) is 0 Å². The molecule has 1 aromatic heterocycles. The third kappa shape index (κ3) is 5.30. The van der Waals surface area contributed by atoms with Gasteiger partial charge >= 0.3 is 0 Å². The average molecular weight is 280 g/mol. The first-order valence-corrected chi connectivity index (χ1v) is 7.39. The third-order valence-corrected chi connectivity index (χ3v) is 3.51. The molecule has 1 aromatic rings. The number of likely N-dealkylation sites (N-methyl/N-ethyl adjacent to an activating group) is 1. The fraction of sp³-hybridized carbons (Fsp3) is 0.714. The number of hydrogen-bond donors (Lipinski definition) is 3. The van der Waals surface area contributed by atoms with E-state index >= 15 is 0 Å². The Morgan fingerprint density at radius 3 is 2.60 bits per heavy atom. The average Bonchev–Trinajstić information content (AvgIpc) is 2.46. The van der Waals surface area contributed by atoms with Crippen LogP contribution in [-0.2, 0) is 6.42 Å². The van der Waals surface area contributed by atoms with Crippen LogP contribution in [0.4, 0.5) is 11.6 Å². The fourth-order valence-electron chi connectivity index (χ4n) is 1.89. The van der Waals surface area contributed by atoms with Crippen LogP contribution in [0.25, 0.3) is 0 Å². The van der Waals surface area contributed by atoms with Crippen LogP contribution in [0.15, 0.2) is 6.07 Å². The highest BCUT2D eigenvalue weighted by Gasteiger charge is 2.07. The summed E-state index contributed by atoms with van der Waals surface area (Å²) in [5.74, 6) is 7.74. The van der Waals surface area contributed by atoms with E-state index in [2.05, 4.69) is 53.4 Å². The van der Waals surface area contributed by atoms with Gasteiger partial charge in [0.1, 0.15) is 17.5 Å². The van der Waals surface area contributed by atoms with E-state index in [0.29, 0.717) is 11.9 Å². The molecule has 0 saturated carbocycles. The Morgan fingerprint density at radius 2 is 2.00 bits per heavy atom. The van der Waals surface area contributed by atoms with Crippen molar-refractivity contribution in [2.45, 2.75) is 46.1 Å². The minimum absolute atomic E-state index is 0.596. The maximum absolute atomic E-state index is 5.44. The van der Waals surface area contributed by atoms with Gasteiger partial charge in [-0.2, -0.15) is 0 Å². The van der Waals surface area contributed by atoms with E-state index in [1.165, 1.54) is 0 Å². The summed E-state index contributed by atoms with van der Waals surface area (Å²) < 4.78 is 0. The predicted octanol–water partition coefficient (Wildman–Crippen LogP) is 1.86. The molecular formula is C14H28N6. The Labute approximate surface area is 122 Å². The number of rotatable bonds is 9. The van der Waals surface area contributed by atoms with Crippen LogP contribution < -0.4 is 16.6 Å². The Bertz CT molecular complexity index is 395. The zero-order chi connectivity index (χ0) is 15.0. The van der Waals surface area contributed by atoms with E-state index in [-0.39, 0.29) is 0 Å². The van der Waals surface area contributed by atoms with Crippen molar-refractivity contribution >= 4 is 11.6 Å². The molecular weight excluding hydrogens is 252 g/mol. The van der Waals surface area contributed by atoms with E-state index in [1.807, 2.05) is 6.07 Å². The predicted molar refractivity (Wildman–Crippen MR) is 84.7 cm³/mol. The Morgan fingerprint density at radius 1 is 1.30 bits per heavy atom. The molecule has 1 atom stereocenters. The Balaban J connectivity index is 2.56. The van der Waals surface area contributed by atoms with Crippen LogP contribution in [0.1, 0.15) is 39.4 Å². The fourth-order valence-corrected chi connectivity index (χ4v) is 1.89. The topological polar surface area (TPSA) is 79.1 Å². The second kappa shape index (κ2) is 8.71. The highest BCUT2D eigenvalue weighted by molar-refractivity contribution is 5.46. The van der Waals surface area contributed by atoms with Gasteiger partial charge in [-0.1, -0.05) is 13.8 Å². The maximum atomic E-state index is 5.44. The number of anilines is 2. The molecule has 6 nitrogen and oxygen atoms in total. The summed E-state index contributed by atoms with van der Waals surface area (Å²) in [7, 11) is 2.14. The molecule has 0 aliphatic carbocycles. The SMILES string of the molecule is CCCc1nc(NN)cc(NCCN(C)C(C)CC)n1. The van der Waals surface area contributed by atoms with Crippen LogP contribution in [0.3, 0.4) is 0 Å². The van der Waals surface area contributed by atoms with Crippen molar-refractivity contribution in [3.05, 3.63) is 11.9 Å². The number of hydrazine groups is 1. The van der Waals surface area contributed by atoms with Crippen molar-refractivity contribution in [2.75, 3.05) is 30.9 Å². The molecule has 4 N–H and O–H groups in total. The van der Waals surface area contributed by atoms with Gasteiger partial charge in [0.05, 0.1) is 0 Å². The zero-order valence-corrected chi connectivity index (χ0v) is 13.1. The first kappa shape index (κ1) is 16.7. The van der Waals surface area contributed by atoms with Crippen molar-refractivity contribution < 1.29 is 0 Å². The van der Waals surface area contributed by atoms with E-state index in [0.717, 1.165) is 44.0 Å². The van der Waals surface area contributed by atoms with Gasteiger partial charge in [-0.25, -0.2) is 15.8 Å². The van der Waals surface area contributed by atoms with Crippen LogP contribution in [0, 0.1) is 0 Å². The molecule has 1 unspecified atom stereocenters. The monoisotopic (exact) mass is 280 g/mol. The minimum Gasteiger partial charge on any atom is -0.369 e. The molecule has 114 valence electrons. The van der Waals surface area contributed by atoms with E-state index in [4.69, 9.17) is 5.84 Å². The number of aromatic nitrogens is 2. The van der Waals surface area contributed by atoms with Gasteiger partial charge < -0.3 is 15.6 Å². The first-order valence-electron chi connectivity index (χ1n) is 7.39. The van der Waals surface area contributed by atoms with E-state index in [9.17, 15) is 0 Å². The number of nitrogen functional groups attached to an aromatic ring is 1. The molecule has 0 fully saturated rings. The number of nitrogens with one attached hydrogen (secondary N) is 2. The summed E-state index contributed by atoms with van der Waals surface area (Å²) >= 11 is 0. The lowest BCUT2D eigenvalue weighted by atomic mass is 10.2. The van der Waals surface area contributed by atoms with Crippen molar-refractivity contribution in [3.8, 4) is 0 Å². The Hall–Kier alpha value is -1.40. The normalized spacial score (nSPS) is 12.5. The molecule has 0 radical (unpaired) electrons. The van der Waals surface area contributed by atoms with Crippen LogP contribution in [0.5, 0.6) is 0 Å². The number of aryl methyl sites for hydroxylation is 1. The smallest absolute Gasteiger partial charge is 0.145 e. The highest BCUT2D eigenvalue weighted by Crippen LogP contribution is 2.11. The summed E-state index contributed by atoms with van der Waals surface area (Å²) in [6.45, 7) is 8.39. The van der Waals surface area contributed by atoms with Gasteiger partial charge in [0.15, 0.2) is 0 Å². The Kier molecular flexibility index (Phi) is 7.25. The quantitative estimate of drug-likeness (QED) is 0.473. The maximum Gasteiger partial charge on any atom is 0.145 e. The highest BCUT2D eigenvalue weighted by atomic mass is 15.3. The first-order chi connectivity index (χ1) is 9.60. The molecule has 0 aromatic carbocycles. The molecule has 0 amide bonds. The molecule has 6 heteroatoms.